The van der Waals surface area contributed by atoms with Gasteiger partial charge in [0.05, 0.1) is 5.69 Å². The Labute approximate surface area is 195 Å². The van der Waals surface area contributed by atoms with Crippen LogP contribution >= 0.6 is 0 Å². The van der Waals surface area contributed by atoms with E-state index < -0.39 is 0 Å². The lowest BCUT2D eigenvalue weighted by molar-refractivity contribution is -0.120. The summed E-state index contributed by atoms with van der Waals surface area (Å²) >= 11 is 0. The van der Waals surface area contributed by atoms with Crippen LogP contribution in [0, 0.1) is 6.92 Å². The summed E-state index contributed by atoms with van der Waals surface area (Å²) in [5.41, 5.74) is 2.14. The number of hydrogen-bond donors (Lipinski definition) is 0. The van der Waals surface area contributed by atoms with Crippen LogP contribution in [0.15, 0.2) is 30.3 Å². The monoisotopic (exact) mass is 451 g/mol. The summed E-state index contributed by atoms with van der Waals surface area (Å²) in [6.45, 7) is 5.15. The molecule has 8 nitrogen and oxygen atoms in total. The van der Waals surface area contributed by atoms with Crippen LogP contribution in [-0.2, 0) is 11.8 Å². The molecule has 2 saturated heterocycles. The van der Waals surface area contributed by atoms with Gasteiger partial charge in [-0.2, -0.15) is 5.10 Å². The third-order valence-electron chi connectivity index (χ3n) is 7.25. The topological polar surface area (TPSA) is 70.9 Å². The lowest BCUT2D eigenvalue weighted by Crippen LogP contribution is -2.52. The van der Waals surface area contributed by atoms with Gasteiger partial charge in [0, 0.05) is 45.0 Å². The molecule has 1 saturated carbocycles. The van der Waals surface area contributed by atoms with E-state index in [-0.39, 0.29) is 24.5 Å². The fourth-order valence-electron chi connectivity index (χ4n) is 5.10. The van der Waals surface area contributed by atoms with Gasteiger partial charge in [0.25, 0.3) is 5.91 Å². The maximum Gasteiger partial charge on any atom is 0.272 e. The average Bonchev–Trinajstić information content (AvgIpc) is 3.12. The summed E-state index contributed by atoms with van der Waals surface area (Å²) < 4.78 is 7.80. The van der Waals surface area contributed by atoms with E-state index in [9.17, 15) is 9.59 Å². The van der Waals surface area contributed by atoms with Crippen LogP contribution in [-0.4, -0.2) is 76.3 Å². The number of amides is 2. The van der Waals surface area contributed by atoms with Crippen LogP contribution in [0.5, 0.6) is 5.75 Å². The lowest BCUT2D eigenvalue weighted by Gasteiger charge is -2.41. The predicted molar refractivity (Wildman–Crippen MR) is 126 cm³/mol. The molecule has 0 N–H and O–H groups in total. The van der Waals surface area contributed by atoms with Crippen molar-refractivity contribution in [1.29, 1.82) is 0 Å². The minimum atomic E-state index is -0.154. The summed E-state index contributed by atoms with van der Waals surface area (Å²) in [6, 6.07) is 10.4. The first-order chi connectivity index (χ1) is 16.0. The molecule has 2 aromatic rings. The number of aryl methyl sites for hydroxylation is 2. The standard InChI is InChI=1S/C25H33N5O3/c1-18-16-23(27(2)26-18)25(32)29-14-15-30(24(31)17-29)20-6-8-21(9-7-20)33-22-10-12-28(13-11-22)19-4-3-5-19/h6-9,16,19,22H,3-5,10-15,17H2,1-2H3. The molecule has 2 amide bonds. The Balaban J connectivity index is 1.14. The Morgan fingerprint density at radius 2 is 1.76 bits per heavy atom. The van der Waals surface area contributed by atoms with Crippen molar-refractivity contribution in [3.8, 4) is 5.75 Å². The number of rotatable bonds is 5. The highest BCUT2D eigenvalue weighted by atomic mass is 16.5. The number of piperazine rings is 1. The second kappa shape index (κ2) is 9.17. The van der Waals surface area contributed by atoms with Crippen molar-refractivity contribution in [2.24, 2.45) is 7.05 Å². The van der Waals surface area contributed by atoms with Crippen LogP contribution in [0.3, 0.4) is 0 Å². The number of carbonyl (C=O) groups excluding carboxylic acids is 2. The molecule has 0 atom stereocenters. The quantitative estimate of drug-likeness (QED) is 0.699. The van der Waals surface area contributed by atoms with E-state index in [1.165, 1.54) is 19.3 Å². The summed E-state index contributed by atoms with van der Waals surface area (Å²) in [5, 5.41) is 4.24. The van der Waals surface area contributed by atoms with E-state index >= 15 is 0 Å². The minimum absolute atomic E-state index is 0.0703. The third-order valence-corrected chi connectivity index (χ3v) is 7.25. The second-order valence-corrected chi connectivity index (χ2v) is 9.50. The Bertz CT molecular complexity index is 1010. The Hall–Kier alpha value is -2.87. The number of ether oxygens (including phenoxy) is 1. The van der Waals surface area contributed by atoms with Gasteiger partial charge in [-0.15, -0.1) is 0 Å². The van der Waals surface area contributed by atoms with Crippen molar-refractivity contribution >= 4 is 17.5 Å². The number of hydrogen-bond acceptors (Lipinski definition) is 5. The van der Waals surface area contributed by atoms with Crippen molar-refractivity contribution in [2.75, 3.05) is 37.6 Å². The fourth-order valence-corrected chi connectivity index (χ4v) is 5.10. The van der Waals surface area contributed by atoms with Gasteiger partial charge in [-0.05, 0) is 62.9 Å². The van der Waals surface area contributed by atoms with Gasteiger partial charge in [0.2, 0.25) is 5.91 Å². The van der Waals surface area contributed by atoms with Crippen molar-refractivity contribution in [3.05, 3.63) is 41.7 Å². The zero-order valence-corrected chi connectivity index (χ0v) is 19.6. The second-order valence-electron chi connectivity index (χ2n) is 9.50. The van der Waals surface area contributed by atoms with Gasteiger partial charge in [-0.3, -0.25) is 14.3 Å². The van der Waals surface area contributed by atoms with Crippen LogP contribution in [0.1, 0.15) is 48.3 Å². The first-order valence-corrected chi connectivity index (χ1v) is 12.1. The molecular formula is C25H33N5O3. The lowest BCUT2D eigenvalue weighted by atomic mass is 9.90. The molecule has 0 spiro atoms. The Kier molecular flexibility index (Phi) is 6.10. The first-order valence-electron chi connectivity index (χ1n) is 12.1. The largest absolute Gasteiger partial charge is 0.490 e. The van der Waals surface area contributed by atoms with Crippen molar-refractivity contribution in [3.63, 3.8) is 0 Å². The molecule has 5 rings (SSSR count). The van der Waals surface area contributed by atoms with E-state index in [2.05, 4.69) is 10.00 Å². The molecule has 176 valence electrons. The van der Waals surface area contributed by atoms with Gasteiger partial charge in [-0.25, -0.2) is 0 Å². The normalized spacial score (nSPS) is 20.7. The SMILES string of the molecule is Cc1cc(C(=O)N2CCN(c3ccc(OC4CCN(C5CCC5)CC4)cc3)C(=O)C2)n(C)n1. The summed E-state index contributed by atoms with van der Waals surface area (Å²) in [4.78, 5) is 31.6. The molecule has 1 aromatic heterocycles. The molecule has 0 radical (unpaired) electrons. The number of anilines is 1. The zero-order valence-electron chi connectivity index (χ0n) is 19.6. The number of piperidine rings is 1. The van der Waals surface area contributed by atoms with Crippen molar-refractivity contribution in [2.45, 2.75) is 51.2 Å². The van der Waals surface area contributed by atoms with Crippen LogP contribution < -0.4 is 9.64 Å². The van der Waals surface area contributed by atoms with E-state index in [4.69, 9.17) is 4.74 Å². The molecule has 3 fully saturated rings. The maximum absolute atomic E-state index is 12.8. The number of nitrogens with zero attached hydrogens (tertiary/aromatic N) is 5. The summed E-state index contributed by atoms with van der Waals surface area (Å²) in [5.74, 6) is 0.623. The molecule has 33 heavy (non-hydrogen) atoms. The molecule has 2 aliphatic heterocycles. The highest BCUT2D eigenvalue weighted by molar-refractivity contribution is 6.01. The van der Waals surface area contributed by atoms with E-state index in [0.717, 1.165) is 49.1 Å². The molecule has 8 heteroatoms. The highest BCUT2D eigenvalue weighted by Crippen LogP contribution is 2.29. The molecular weight excluding hydrogens is 418 g/mol. The summed E-state index contributed by atoms with van der Waals surface area (Å²) in [6.07, 6.45) is 6.50. The Morgan fingerprint density at radius 1 is 1.03 bits per heavy atom. The number of benzene rings is 1. The zero-order chi connectivity index (χ0) is 22.9. The fraction of sp³-hybridized carbons (Fsp3) is 0.560. The van der Waals surface area contributed by atoms with Crippen LogP contribution in [0.25, 0.3) is 0 Å². The van der Waals surface area contributed by atoms with E-state index in [1.54, 1.807) is 27.6 Å². The molecule has 0 unspecified atom stereocenters. The highest BCUT2D eigenvalue weighted by Gasteiger charge is 2.31. The van der Waals surface area contributed by atoms with Gasteiger partial charge in [0.15, 0.2) is 0 Å². The summed E-state index contributed by atoms with van der Waals surface area (Å²) in [7, 11) is 1.75. The van der Waals surface area contributed by atoms with Crippen LogP contribution in [0.4, 0.5) is 5.69 Å². The molecule has 0 bridgehead atoms. The maximum atomic E-state index is 12.8. The third kappa shape index (κ3) is 4.62. The molecule has 1 aliphatic carbocycles. The van der Waals surface area contributed by atoms with Crippen LogP contribution in [0.2, 0.25) is 0 Å². The number of aromatic nitrogens is 2. The van der Waals surface area contributed by atoms with Gasteiger partial charge >= 0.3 is 0 Å². The van der Waals surface area contributed by atoms with Gasteiger partial charge in [0.1, 0.15) is 24.1 Å². The predicted octanol–water partition coefficient (Wildman–Crippen LogP) is 2.61. The van der Waals surface area contributed by atoms with Crippen molar-refractivity contribution < 1.29 is 14.3 Å². The molecule has 3 aliphatic rings. The number of likely N-dealkylation sites (tertiary alicyclic amines) is 1. The average molecular weight is 452 g/mol. The van der Waals surface area contributed by atoms with E-state index in [0.29, 0.717) is 18.8 Å². The first kappa shape index (κ1) is 21.9. The molecule has 3 heterocycles. The smallest absolute Gasteiger partial charge is 0.272 e. The molecule has 1 aromatic carbocycles. The number of carbonyl (C=O) groups is 2. The minimum Gasteiger partial charge on any atom is -0.490 e. The van der Waals surface area contributed by atoms with Gasteiger partial charge in [-0.1, -0.05) is 6.42 Å². The van der Waals surface area contributed by atoms with Crippen molar-refractivity contribution in [1.82, 2.24) is 19.6 Å². The van der Waals surface area contributed by atoms with E-state index in [1.807, 2.05) is 31.2 Å². The van der Waals surface area contributed by atoms with Gasteiger partial charge < -0.3 is 19.4 Å². The Morgan fingerprint density at radius 3 is 2.33 bits per heavy atom.